The molecule has 1 aliphatic rings. The van der Waals surface area contributed by atoms with Crippen molar-refractivity contribution in [1.82, 2.24) is 34.9 Å². The van der Waals surface area contributed by atoms with E-state index in [1.54, 1.807) is 37.2 Å². The van der Waals surface area contributed by atoms with Gasteiger partial charge in [0.1, 0.15) is 5.52 Å². The second-order valence-electron chi connectivity index (χ2n) is 7.30. The number of carbonyl (C=O) groups is 2. The Morgan fingerprint density at radius 1 is 1.41 bits per heavy atom. The van der Waals surface area contributed by atoms with Crippen LogP contribution in [0.5, 0.6) is 0 Å². The van der Waals surface area contributed by atoms with Crippen molar-refractivity contribution in [2.45, 2.75) is 13.2 Å². The second kappa shape index (κ2) is 6.68. The first kappa shape index (κ1) is 18.6. The van der Waals surface area contributed by atoms with Gasteiger partial charge in [0.25, 0.3) is 11.8 Å². The average molecular weight is 394 g/mol. The van der Waals surface area contributed by atoms with Crippen LogP contribution in [-0.4, -0.2) is 65.9 Å². The quantitative estimate of drug-likeness (QED) is 0.517. The number of nitrogens with zero attached hydrogens (tertiary/aromatic N) is 6. The van der Waals surface area contributed by atoms with Crippen molar-refractivity contribution < 1.29 is 14.7 Å². The van der Waals surface area contributed by atoms with Gasteiger partial charge in [-0.3, -0.25) is 14.3 Å². The number of hydrogen-bond donors (Lipinski definition) is 3. The summed E-state index contributed by atoms with van der Waals surface area (Å²) < 4.78 is 1.63. The molecule has 4 rings (SSSR count). The van der Waals surface area contributed by atoms with E-state index in [0.717, 1.165) is 5.56 Å². The third kappa shape index (κ3) is 3.30. The van der Waals surface area contributed by atoms with Crippen LogP contribution in [0.3, 0.4) is 0 Å². The Labute approximate surface area is 165 Å². The number of rotatable bonds is 4. The van der Waals surface area contributed by atoms with Gasteiger partial charge in [0, 0.05) is 38.1 Å². The lowest BCUT2D eigenvalue weighted by Gasteiger charge is -2.43. The number of H-pyrrole nitrogens is 1. The fourth-order valence-electron chi connectivity index (χ4n) is 3.22. The summed E-state index contributed by atoms with van der Waals surface area (Å²) in [6.07, 6.45) is 4.66. The van der Waals surface area contributed by atoms with E-state index in [1.165, 1.54) is 11.1 Å². The van der Waals surface area contributed by atoms with Gasteiger partial charge in [-0.05, 0) is 6.92 Å². The van der Waals surface area contributed by atoms with Crippen LogP contribution in [0.2, 0.25) is 0 Å². The smallest absolute Gasteiger partial charge is 0.272 e. The number of likely N-dealkylation sites (tertiary alicyclic amines) is 1. The maximum absolute atomic E-state index is 12.6. The number of aliphatic hydroxyl groups is 1. The topological polar surface area (TPSA) is 153 Å². The van der Waals surface area contributed by atoms with Crippen molar-refractivity contribution in [2.75, 3.05) is 13.1 Å². The van der Waals surface area contributed by atoms with Crippen molar-refractivity contribution in [2.24, 2.45) is 12.5 Å². The van der Waals surface area contributed by atoms with Gasteiger partial charge in [0.05, 0.1) is 35.1 Å². The predicted octanol–water partition coefficient (Wildman–Crippen LogP) is -0.221. The Morgan fingerprint density at radius 2 is 2.17 bits per heavy atom. The predicted molar refractivity (Wildman–Crippen MR) is 99.9 cm³/mol. The molecule has 0 unspecified atom stereocenters. The summed E-state index contributed by atoms with van der Waals surface area (Å²) in [6.45, 7) is 2.15. The summed E-state index contributed by atoms with van der Waals surface area (Å²) in [6, 6.07) is 2.12. The maximum atomic E-state index is 12.6. The zero-order valence-corrected chi connectivity index (χ0v) is 15.7. The first-order valence-corrected chi connectivity index (χ1v) is 8.82. The van der Waals surface area contributed by atoms with Gasteiger partial charge in [0.15, 0.2) is 5.65 Å². The van der Waals surface area contributed by atoms with E-state index in [9.17, 15) is 14.7 Å². The van der Waals surface area contributed by atoms with Gasteiger partial charge in [-0.1, -0.05) is 0 Å². The highest BCUT2D eigenvalue weighted by Crippen LogP contribution is 2.29. The summed E-state index contributed by atoms with van der Waals surface area (Å²) in [5, 5.41) is 25.5. The fraction of sp³-hybridized carbons (Fsp3) is 0.333. The van der Waals surface area contributed by atoms with Crippen LogP contribution in [-0.2, 0) is 11.8 Å². The van der Waals surface area contributed by atoms with Crippen LogP contribution < -0.4 is 5.32 Å². The van der Waals surface area contributed by atoms with Crippen LogP contribution >= 0.6 is 0 Å². The third-order valence-electron chi connectivity index (χ3n) is 4.79. The molecule has 1 aliphatic heterocycles. The number of fused-ring (bicyclic) bond motifs is 1. The lowest BCUT2D eigenvalue weighted by atomic mass is 9.83. The van der Waals surface area contributed by atoms with Crippen molar-refractivity contribution in [1.29, 1.82) is 5.26 Å². The highest BCUT2D eigenvalue weighted by atomic mass is 16.3. The van der Waals surface area contributed by atoms with Crippen molar-refractivity contribution in [3.63, 3.8) is 0 Å². The standard InChI is InChI=1S/C18H18N8O3/c1-18(7-19)8-26(9-18)17(29)16(28)24-15(27)11-4-20-14-13(11)23-12(5-21-14)10-3-22-25(2)6-10/h3-6,16,28H,8-9H2,1-2H3,(H,20,21)(H,24,27)/t16-/m1/s1. The molecule has 3 N–H and O–H groups in total. The molecule has 1 fully saturated rings. The molecular weight excluding hydrogens is 376 g/mol. The largest absolute Gasteiger partial charge is 0.365 e. The van der Waals surface area contributed by atoms with Gasteiger partial charge in [-0.25, -0.2) is 9.97 Å². The molecule has 11 heteroatoms. The Hall–Kier alpha value is -3.78. The molecule has 3 aromatic rings. The van der Waals surface area contributed by atoms with E-state index < -0.39 is 23.5 Å². The highest BCUT2D eigenvalue weighted by molar-refractivity contribution is 6.06. The van der Waals surface area contributed by atoms with E-state index in [2.05, 4.69) is 31.4 Å². The molecule has 0 spiro atoms. The normalized spacial score (nSPS) is 16.1. The molecule has 0 radical (unpaired) electrons. The number of aromatic nitrogens is 5. The third-order valence-corrected chi connectivity index (χ3v) is 4.79. The Morgan fingerprint density at radius 3 is 2.83 bits per heavy atom. The van der Waals surface area contributed by atoms with E-state index in [4.69, 9.17) is 5.26 Å². The first-order chi connectivity index (χ1) is 13.8. The van der Waals surface area contributed by atoms with E-state index in [0.29, 0.717) is 16.9 Å². The van der Waals surface area contributed by atoms with Gasteiger partial charge in [0.2, 0.25) is 6.23 Å². The van der Waals surface area contributed by atoms with Crippen LogP contribution in [0.25, 0.3) is 22.4 Å². The molecule has 2 amide bonds. The summed E-state index contributed by atoms with van der Waals surface area (Å²) in [5.41, 5.74) is 1.51. The minimum Gasteiger partial charge on any atom is -0.365 e. The molecule has 1 saturated heterocycles. The van der Waals surface area contributed by atoms with Crippen LogP contribution in [0.1, 0.15) is 17.3 Å². The van der Waals surface area contributed by atoms with Crippen molar-refractivity contribution in [3.8, 4) is 17.3 Å². The second-order valence-corrected chi connectivity index (χ2v) is 7.30. The van der Waals surface area contributed by atoms with E-state index in [1.807, 2.05) is 0 Å². The minimum absolute atomic E-state index is 0.149. The zero-order valence-electron chi connectivity index (χ0n) is 15.7. The number of aryl methyl sites for hydroxylation is 1. The lowest BCUT2D eigenvalue weighted by Crippen LogP contribution is -2.61. The SMILES string of the molecule is Cn1cc(-c2cnc3[nH]cc(C(=O)N[C@H](O)C(=O)N4CC(C)(C#N)C4)c3n2)cn1. The van der Waals surface area contributed by atoms with Gasteiger partial charge >= 0.3 is 0 Å². The molecular formula is C18H18N8O3. The summed E-state index contributed by atoms with van der Waals surface area (Å²) in [7, 11) is 1.78. The Bertz CT molecular complexity index is 1150. The molecule has 0 bridgehead atoms. The maximum Gasteiger partial charge on any atom is 0.272 e. The molecule has 29 heavy (non-hydrogen) atoms. The number of nitrogens with one attached hydrogen (secondary N) is 2. The Kier molecular flexibility index (Phi) is 4.28. The van der Waals surface area contributed by atoms with Crippen molar-refractivity contribution in [3.05, 3.63) is 30.4 Å². The van der Waals surface area contributed by atoms with Gasteiger partial charge in [-0.15, -0.1) is 0 Å². The van der Waals surface area contributed by atoms with E-state index in [-0.39, 0.29) is 18.7 Å². The Balaban J connectivity index is 1.51. The highest BCUT2D eigenvalue weighted by Gasteiger charge is 2.43. The zero-order chi connectivity index (χ0) is 20.8. The monoisotopic (exact) mass is 394 g/mol. The van der Waals surface area contributed by atoms with Crippen LogP contribution in [0, 0.1) is 16.7 Å². The number of amides is 2. The number of aliphatic hydroxyl groups excluding tert-OH is 1. The van der Waals surface area contributed by atoms with Gasteiger partial charge in [-0.2, -0.15) is 10.4 Å². The molecule has 0 aromatic carbocycles. The fourth-order valence-corrected chi connectivity index (χ4v) is 3.22. The van der Waals surface area contributed by atoms with Gasteiger partial charge < -0.3 is 20.3 Å². The number of nitriles is 1. The summed E-state index contributed by atoms with van der Waals surface area (Å²) in [4.78, 5) is 37.7. The number of hydrogen-bond acceptors (Lipinski definition) is 7. The molecule has 148 valence electrons. The average Bonchev–Trinajstić information content (AvgIpc) is 3.30. The molecule has 0 saturated carbocycles. The van der Waals surface area contributed by atoms with Crippen molar-refractivity contribution >= 4 is 23.0 Å². The molecule has 1 atom stereocenters. The summed E-state index contributed by atoms with van der Waals surface area (Å²) >= 11 is 0. The molecule has 0 aliphatic carbocycles. The molecule has 11 nitrogen and oxygen atoms in total. The number of carbonyl (C=O) groups excluding carboxylic acids is 2. The lowest BCUT2D eigenvalue weighted by molar-refractivity contribution is -0.150. The van der Waals surface area contributed by atoms with Crippen LogP contribution in [0.15, 0.2) is 24.8 Å². The number of aromatic amines is 1. The molecule has 3 aromatic heterocycles. The van der Waals surface area contributed by atoms with E-state index >= 15 is 0 Å². The first-order valence-electron chi connectivity index (χ1n) is 8.82. The molecule has 4 heterocycles. The minimum atomic E-state index is -1.72. The van der Waals surface area contributed by atoms with Crippen LogP contribution in [0.4, 0.5) is 0 Å². The summed E-state index contributed by atoms with van der Waals surface area (Å²) in [5.74, 6) is -1.33.